The van der Waals surface area contributed by atoms with Crippen LogP contribution in [0.1, 0.15) is 12.0 Å². The number of carbonyl (C=O) groups excluding carboxylic acids is 1. The van der Waals surface area contributed by atoms with Crippen molar-refractivity contribution in [3.63, 3.8) is 0 Å². The maximum Gasteiger partial charge on any atom is 0.224 e. The average Bonchev–Trinajstić information content (AvgIpc) is 2.59. The van der Waals surface area contributed by atoms with Gasteiger partial charge in [0.1, 0.15) is 5.82 Å². The summed E-state index contributed by atoms with van der Waals surface area (Å²) in [6.07, 6.45) is 0.490. The first kappa shape index (κ1) is 23.4. The van der Waals surface area contributed by atoms with Gasteiger partial charge in [0.15, 0.2) is 0 Å². The summed E-state index contributed by atoms with van der Waals surface area (Å²) in [4.78, 5) is 16.5. The zero-order valence-electron chi connectivity index (χ0n) is 14.5. The van der Waals surface area contributed by atoms with Crippen molar-refractivity contribution < 1.29 is 13.9 Å². The second kappa shape index (κ2) is 11.3. The van der Waals surface area contributed by atoms with Gasteiger partial charge >= 0.3 is 0 Å². The molecule has 0 spiro atoms. The maximum absolute atomic E-state index is 13.1. The van der Waals surface area contributed by atoms with E-state index >= 15 is 0 Å². The van der Waals surface area contributed by atoms with Gasteiger partial charge in [0.25, 0.3) is 0 Å². The van der Waals surface area contributed by atoms with E-state index in [2.05, 4.69) is 10.2 Å². The van der Waals surface area contributed by atoms with Crippen LogP contribution in [0.5, 0.6) is 0 Å². The van der Waals surface area contributed by atoms with Crippen molar-refractivity contribution in [2.75, 3.05) is 45.9 Å². The van der Waals surface area contributed by atoms with Crippen molar-refractivity contribution in [3.8, 4) is 0 Å². The Morgan fingerprint density at radius 3 is 2.62 bits per heavy atom. The highest BCUT2D eigenvalue weighted by molar-refractivity contribution is 6.31. The number of hydrogen-bond acceptors (Lipinski definition) is 4. The Kier molecular flexibility index (Phi) is 10.1. The highest BCUT2D eigenvalue weighted by Crippen LogP contribution is 2.20. The van der Waals surface area contributed by atoms with Crippen molar-refractivity contribution in [2.24, 2.45) is 0 Å². The lowest BCUT2D eigenvalue weighted by Crippen LogP contribution is -2.51. The summed E-state index contributed by atoms with van der Waals surface area (Å²) in [6.45, 7) is 5.84. The smallest absolute Gasteiger partial charge is 0.224 e. The van der Waals surface area contributed by atoms with Gasteiger partial charge in [0.05, 0.1) is 13.2 Å². The highest BCUT2D eigenvalue weighted by atomic mass is 35.5. The monoisotopic (exact) mass is 427 g/mol. The van der Waals surface area contributed by atoms with E-state index in [9.17, 15) is 9.18 Å². The third-order valence-corrected chi connectivity index (χ3v) is 4.91. The molecule has 148 valence electrons. The molecule has 2 aliphatic heterocycles. The summed E-state index contributed by atoms with van der Waals surface area (Å²) in [5, 5.41) is 3.77. The molecule has 0 saturated carbocycles. The fraction of sp³-hybridized carbons (Fsp3) is 0.588. The fourth-order valence-corrected chi connectivity index (χ4v) is 3.36. The summed E-state index contributed by atoms with van der Waals surface area (Å²) >= 11 is 6.09. The standard InChI is InChI=1S/C17H23ClFN3O2.2ClH/c18-16-9-14(19)2-1-13(16)11-21-4-6-22(7-5-21)17(23)10-15-12-24-8-3-20-15;;/h1-2,9,15,20H,3-8,10-12H2;2*1H. The van der Waals surface area contributed by atoms with Crippen LogP contribution in [0.15, 0.2) is 18.2 Å². The van der Waals surface area contributed by atoms with Crippen LogP contribution >= 0.6 is 36.4 Å². The number of nitrogens with zero attached hydrogens (tertiary/aromatic N) is 2. The quantitative estimate of drug-likeness (QED) is 0.799. The molecular weight excluding hydrogens is 404 g/mol. The number of carbonyl (C=O) groups is 1. The van der Waals surface area contributed by atoms with Gasteiger partial charge in [0, 0.05) is 56.8 Å². The van der Waals surface area contributed by atoms with Crippen LogP contribution in [-0.2, 0) is 16.1 Å². The molecule has 1 N–H and O–H groups in total. The molecule has 0 bridgehead atoms. The predicted molar refractivity (Wildman–Crippen MR) is 105 cm³/mol. The van der Waals surface area contributed by atoms with Gasteiger partial charge < -0.3 is 15.0 Å². The number of piperazine rings is 1. The van der Waals surface area contributed by atoms with Gasteiger partial charge in [0.2, 0.25) is 5.91 Å². The van der Waals surface area contributed by atoms with Crippen LogP contribution < -0.4 is 5.32 Å². The van der Waals surface area contributed by atoms with Gasteiger partial charge in [-0.2, -0.15) is 0 Å². The molecule has 1 aromatic rings. The van der Waals surface area contributed by atoms with E-state index in [0.29, 0.717) is 37.7 Å². The zero-order chi connectivity index (χ0) is 16.9. The molecule has 1 aromatic carbocycles. The topological polar surface area (TPSA) is 44.8 Å². The third-order valence-electron chi connectivity index (χ3n) is 4.55. The molecular formula is C17H25Cl3FN3O2. The SMILES string of the molecule is Cl.Cl.O=C(CC1COCCN1)N1CCN(Cc2ccc(F)cc2Cl)CC1. The second-order valence-electron chi connectivity index (χ2n) is 6.32. The molecule has 2 aliphatic rings. The molecule has 2 heterocycles. The molecule has 2 saturated heterocycles. The number of benzene rings is 1. The molecule has 1 atom stereocenters. The Morgan fingerprint density at radius 2 is 2.00 bits per heavy atom. The number of ether oxygens (including phenoxy) is 1. The number of nitrogens with one attached hydrogen (secondary N) is 1. The second-order valence-corrected chi connectivity index (χ2v) is 6.73. The van der Waals surface area contributed by atoms with Gasteiger partial charge in [-0.15, -0.1) is 24.8 Å². The highest BCUT2D eigenvalue weighted by Gasteiger charge is 2.24. The van der Waals surface area contributed by atoms with Crippen LogP contribution in [0.3, 0.4) is 0 Å². The molecule has 1 unspecified atom stereocenters. The Labute approximate surface area is 171 Å². The fourth-order valence-electron chi connectivity index (χ4n) is 3.14. The minimum absolute atomic E-state index is 0. The summed E-state index contributed by atoms with van der Waals surface area (Å²) in [7, 11) is 0. The predicted octanol–water partition coefficient (Wildman–Crippen LogP) is 2.35. The summed E-state index contributed by atoms with van der Waals surface area (Å²) < 4.78 is 18.5. The average molecular weight is 429 g/mol. The normalized spacial score (nSPS) is 20.8. The van der Waals surface area contributed by atoms with E-state index in [-0.39, 0.29) is 42.6 Å². The Morgan fingerprint density at radius 1 is 1.27 bits per heavy atom. The zero-order valence-corrected chi connectivity index (χ0v) is 16.8. The van der Waals surface area contributed by atoms with Crippen molar-refractivity contribution in [1.29, 1.82) is 0 Å². The lowest BCUT2D eigenvalue weighted by Gasteiger charge is -2.36. The largest absolute Gasteiger partial charge is 0.378 e. The van der Waals surface area contributed by atoms with Crippen LogP contribution in [0, 0.1) is 5.82 Å². The first-order valence-corrected chi connectivity index (χ1v) is 8.75. The summed E-state index contributed by atoms with van der Waals surface area (Å²) in [5.74, 6) is -0.142. The van der Waals surface area contributed by atoms with E-state index < -0.39 is 0 Å². The van der Waals surface area contributed by atoms with Crippen molar-refractivity contribution >= 4 is 42.3 Å². The van der Waals surface area contributed by atoms with Crippen molar-refractivity contribution in [3.05, 3.63) is 34.6 Å². The minimum Gasteiger partial charge on any atom is -0.378 e. The van der Waals surface area contributed by atoms with Gasteiger partial charge in [-0.05, 0) is 17.7 Å². The molecule has 26 heavy (non-hydrogen) atoms. The van der Waals surface area contributed by atoms with Crippen LogP contribution in [0.4, 0.5) is 4.39 Å². The van der Waals surface area contributed by atoms with E-state index in [1.54, 1.807) is 6.07 Å². The van der Waals surface area contributed by atoms with E-state index in [4.69, 9.17) is 16.3 Å². The lowest BCUT2D eigenvalue weighted by atomic mass is 10.1. The minimum atomic E-state index is -0.320. The van der Waals surface area contributed by atoms with Crippen LogP contribution in [-0.4, -0.2) is 67.7 Å². The van der Waals surface area contributed by atoms with E-state index in [0.717, 1.165) is 31.8 Å². The third kappa shape index (κ3) is 6.51. The van der Waals surface area contributed by atoms with Gasteiger partial charge in [-0.25, -0.2) is 4.39 Å². The molecule has 2 fully saturated rings. The molecule has 0 aromatic heterocycles. The van der Waals surface area contributed by atoms with E-state index in [1.165, 1.54) is 12.1 Å². The van der Waals surface area contributed by atoms with E-state index in [1.807, 2.05) is 4.90 Å². The van der Waals surface area contributed by atoms with Crippen molar-refractivity contribution in [2.45, 2.75) is 19.0 Å². The van der Waals surface area contributed by atoms with Gasteiger partial charge in [-0.3, -0.25) is 9.69 Å². The van der Waals surface area contributed by atoms with Crippen molar-refractivity contribution in [1.82, 2.24) is 15.1 Å². The Bertz CT molecular complexity index is 580. The number of amides is 1. The van der Waals surface area contributed by atoms with Crippen LogP contribution in [0.2, 0.25) is 5.02 Å². The number of rotatable bonds is 4. The molecule has 0 aliphatic carbocycles. The Balaban J connectivity index is 0.00000169. The molecule has 1 amide bonds. The van der Waals surface area contributed by atoms with Crippen LogP contribution in [0.25, 0.3) is 0 Å². The summed E-state index contributed by atoms with van der Waals surface area (Å²) in [5.41, 5.74) is 0.918. The lowest BCUT2D eigenvalue weighted by molar-refractivity contribution is -0.134. The molecule has 0 radical (unpaired) electrons. The number of halogens is 4. The molecule has 3 rings (SSSR count). The number of hydrogen-bond donors (Lipinski definition) is 1. The maximum atomic E-state index is 13.1. The molecule has 5 nitrogen and oxygen atoms in total. The number of morpholine rings is 1. The first-order valence-electron chi connectivity index (χ1n) is 8.37. The molecule has 9 heteroatoms. The first-order chi connectivity index (χ1) is 11.6. The summed E-state index contributed by atoms with van der Waals surface area (Å²) in [6, 6.07) is 4.63. The Hall–Kier alpha value is -0.630. The van der Waals surface area contributed by atoms with Gasteiger partial charge in [-0.1, -0.05) is 17.7 Å².